The number of unbranched alkanes of at least 4 members (excludes halogenated alkanes) is 9. The number of aromatic nitrogens is 2. The van der Waals surface area contributed by atoms with Crippen molar-refractivity contribution in [3.8, 4) is 17.1 Å². The average molecular weight is 429 g/mol. The molecule has 2 aromatic rings. The van der Waals surface area contributed by atoms with Crippen LogP contribution in [-0.2, 0) is 6.42 Å². The van der Waals surface area contributed by atoms with Gasteiger partial charge in [0, 0.05) is 12.4 Å². The van der Waals surface area contributed by atoms with Crippen LogP contribution in [0.25, 0.3) is 11.4 Å². The van der Waals surface area contributed by atoms with E-state index in [2.05, 4.69) is 16.9 Å². The first-order valence-corrected chi connectivity index (χ1v) is 12.4. The Bertz CT molecular complexity index is 703. The monoisotopic (exact) mass is 428 g/mol. The Kier molecular flexibility index (Phi) is 12.9. The van der Waals surface area contributed by atoms with E-state index in [4.69, 9.17) is 4.74 Å². The van der Waals surface area contributed by atoms with Crippen molar-refractivity contribution < 1.29 is 9.13 Å². The Morgan fingerprint density at radius 3 is 2.19 bits per heavy atom. The highest BCUT2D eigenvalue weighted by Crippen LogP contribution is 2.27. The van der Waals surface area contributed by atoms with Gasteiger partial charge in [-0.25, -0.2) is 14.4 Å². The first-order chi connectivity index (χ1) is 15.2. The third-order valence-corrected chi connectivity index (χ3v) is 5.66. The maximum Gasteiger partial charge on any atom is 0.162 e. The molecule has 0 saturated heterocycles. The van der Waals surface area contributed by atoms with E-state index in [-0.39, 0.29) is 0 Å². The number of hydrogen-bond donors (Lipinski definition) is 0. The number of halogens is 1. The van der Waals surface area contributed by atoms with Crippen molar-refractivity contribution in [2.45, 2.75) is 103 Å². The van der Waals surface area contributed by atoms with Gasteiger partial charge in [0.1, 0.15) is 5.75 Å². The van der Waals surface area contributed by atoms with Gasteiger partial charge in [-0.2, -0.15) is 0 Å². The van der Waals surface area contributed by atoms with E-state index in [1.165, 1.54) is 44.9 Å². The molecule has 0 aliphatic heterocycles. The molecular weight excluding hydrogens is 387 g/mol. The van der Waals surface area contributed by atoms with E-state index in [1.807, 2.05) is 36.7 Å². The van der Waals surface area contributed by atoms with Gasteiger partial charge in [-0.3, -0.25) is 0 Å². The molecular formula is C27H41FN2O. The number of hydrogen-bond acceptors (Lipinski definition) is 3. The van der Waals surface area contributed by atoms with Crippen LogP contribution in [0, 0.1) is 0 Å². The van der Waals surface area contributed by atoms with Crippen LogP contribution in [0.3, 0.4) is 0 Å². The second-order valence-electron chi connectivity index (χ2n) is 8.61. The van der Waals surface area contributed by atoms with E-state index >= 15 is 0 Å². The van der Waals surface area contributed by atoms with E-state index in [0.29, 0.717) is 12.2 Å². The largest absolute Gasteiger partial charge is 0.493 e. The smallest absolute Gasteiger partial charge is 0.162 e. The lowest BCUT2D eigenvalue weighted by molar-refractivity contribution is 0.305. The molecule has 0 saturated carbocycles. The lowest BCUT2D eigenvalue weighted by Gasteiger charge is -2.11. The Morgan fingerprint density at radius 2 is 1.48 bits per heavy atom. The van der Waals surface area contributed by atoms with Gasteiger partial charge in [-0.1, -0.05) is 76.8 Å². The first-order valence-electron chi connectivity index (χ1n) is 12.4. The maximum absolute atomic E-state index is 12.8. The van der Waals surface area contributed by atoms with E-state index in [1.54, 1.807) is 6.92 Å². The zero-order chi connectivity index (χ0) is 22.2. The normalized spacial score (nSPS) is 12.1. The van der Waals surface area contributed by atoms with Crippen molar-refractivity contribution >= 4 is 0 Å². The fraction of sp³-hybridized carbons (Fsp3) is 0.630. The molecule has 1 atom stereocenters. The molecule has 0 N–H and O–H groups in total. The van der Waals surface area contributed by atoms with Gasteiger partial charge in [0.05, 0.1) is 18.3 Å². The average Bonchev–Trinajstić information content (AvgIpc) is 2.78. The lowest BCUT2D eigenvalue weighted by atomic mass is 10.1. The molecule has 0 spiro atoms. The van der Waals surface area contributed by atoms with Crippen LogP contribution in [-0.4, -0.2) is 22.7 Å². The molecule has 0 fully saturated rings. The second-order valence-corrected chi connectivity index (χ2v) is 8.61. The SMILES string of the molecule is CCCCCCCCCCOc1ccccc1-c1ncc(CCCCCC(C)F)cn1. The maximum atomic E-state index is 12.8. The van der Waals surface area contributed by atoms with Gasteiger partial charge in [0.15, 0.2) is 5.82 Å². The number of rotatable bonds is 17. The lowest BCUT2D eigenvalue weighted by Crippen LogP contribution is -2.00. The van der Waals surface area contributed by atoms with Crippen molar-refractivity contribution in [1.82, 2.24) is 9.97 Å². The summed E-state index contributed by atoms with van der Waals surface area (Å²) in [5.41, 5.74) is 2.08. The molecule has 31 heavy (non-hydrogen) atoms. The predicted molar refractivity (Wildman–Crippen MR) is 128 cm³/mol. The van der Waals surface area contributed by atoms with Crippen molar-refractivity contribution in [3.63, 3.8) is 0 Å². The Morgan fingerprint density at radius 1 is 0.839 bits per heavy atom. The van der Waals surface area contributed by atoms with Gasteiger partial charge in [0.2, 0.25) is 0 Å². The number of ether oxygens (including phenoxy) is 1. The predicted octanol–water partition coefficient (Wildman–Crippen LogP) is 8.12. The number of aryl methyl sites for hydroxylation is 1. The number of alkyl halides is 1. The molecule has 4 heteroatoms. The molecule has 0 bridgehead atoms. The Hall–Kier alpha value is -1.97. The van der Waals surface area contributed by atoms with Crippen LogP contribution in [0.2, 0.25) is 0 Å². The summed E-state index contributed by atoms with van der Waals surface area (Å²) in [5, 5.41) is 0. The van der Waals surface area contributed by atoms with E-state index in [9.17, 15) is 4.39 Å². The molecule has 1 aromatic heterocycles. The zero-order valence-corrected chi connectivity index (χ0v) is 19.6. The zero-order valence-electron chi connectivity index (χ0n) is 19.6. The van der Waals surface area contributed by atoms with Crippen LogP contribution in [0.4, 0.5) is 4.39 Å². The fourth-order valence-electron chi connectivity index (χ4n) is 3.75. The molecule has 0 aliphatic rings. The van der Waals surface area contributed by atoms with Crippen molar-refractivity contribution in [2.24, 2.45) is 0 Å². The van der Waals surface area contributed by atoms with Crippen molar-refractivity contribution in [3.05, 3.63) is 42.2 Å². The minimum atomic E-state index is -0.694. The summed E-state index contributed by atoms with van der Waals surface area (Å²) in [6.07, 6.45) is 18.1. The van der Waals surface area contributed by atoms with Crippen LogP contribution in [0.5, 0.6) is 5.75 Å². The molecule has 0 radical (unpaired) electrons. The van der Waals surface area contributed by atoms with Crippen molar-refractivity contribution in [2.75, 3.05) is 6.61 Å². The minimum absolute atomic E-state index is 0.658. The van der Waals surface area contributed by atoms with Crippen LogP contribution >= 0.6 is 0 Å². The molecule has 1 unspecified atom stereocenters. The molecule has 1 heterocycles. The van der Waals surface area contributed by atoms with Gasteiger partial charge in [-0.15, -0.1) is 0 Å². The highest BCUT2D eigenvalue weighted by Gasteiger charge is 2.09. The number of para-hydroxylation sites is 1. The third-order valence-electron chi connectivity index (χ3n) is 5.66. The topological polar surface area (TPSA) is 35.0 Å². The molecule has 3 nitrogen and oxygen atoms in total. The quantitative estimate of drug-likeness (QED) is 0.239. The summed E-state index contributed by atoms with van der Waals surface area (Å²) in [7, 11) is 0. The molecule has 1 aromatic carbocycles. The summed E-state index contributed by atoms with van der Waals surface area (Å²) in [4.78, 5) is 9.16. The summed E-state index contributed by atoms with van der Waals surface area (Å²) in [5.74, 6) is 1.57. The van der Waals surface area contributed by atoms with Gasteiger partial charge < -0.3 is 4.74 Å². The summed E-state index contributed by atoms with van der Waals surface area (Å²) < 4.78 is 18.9. The van der Waals surface area contributed by atoms with E-state index < -0.39 is 6.17 Å². The summed E-state index contributed by atoms with van der Waals surface area (Å²) >= 11 is 0. The fourth-order valence-corrected chi connectivity index (χ4v) is 3.75. The van der Waals surface area contributed by atoms with Crippen LogP contribution in [0.1, 0.15) is 96.5 Å². The van der Waals surface area contributed by atoms with Gasteiger partial charge >= 0.3 is 0 Å². The molecule has 2 rings (SSSR count). The summed E-state index contributed by atoms with van der Waals surface area (Å²) in [6.45, 7) is 4.62. The molecule has 0 amide bonds. The standard InChI is InChI=1S/C27H41FN2O/c1-3-4-5-6-7-8-9-15-20-31-26-19-14-13-18-25(26)27-29-21-24(22-30-27)17-12-10-11-16-23(2)28/h13-14,18-19,21-23H,3-12,15-17,20H2,1-2H3. The molecule has 0 aliphatic carbocycles. The van der Waals surface area contributed by atoms with Crippen LogP contribution in [0.15, 0.2) is 36.7 Å². The van der Waals surface area contributed by atoms with Gasteiger partial charge in [0.25, 0.3) is 0 Å². The Labute approximate surface area is 188 Å². The van der Waals surface area contributed by atoms with Gasteiger partial charge in [-0.05, 0) is 50.3 Å². The number of benzene rings is 1. The summed E-state index contributed by atoms with van der Waals surface area (Å²) in [6, 6.07) is 8.03. The number of nitrogens with zero attached hydrogens (tertiary/aromatic N) is 2. The van der Waals surface area contributed by atoms with Crippen molar-refractivity contribution in [1.29, 1.82) is 0 Å². The highest BCUT2D eigenvalue weighted by molar-refractivity contribution is 5.63. The third kappa shape index (κ3) is 10.8. The van der Waals surface area contributed by atoms with Crippen LogP contribution < -0.4 is 4.74 Å². The highest BCUT2D eigenvalue weighted by atomic mass is 19.1. The Balaban J connectivity index is 1.74. The first kappa shape index (κ1) is 25.3. The molecule has 172 valence electrons. The van der Waals surface area contributed by atoms with E-state index in [0.717, 1.165) is 55.6 Å². The minimum Gasteiger partial charge on any atom is -0.493 e. The second kappa shape index (κ2) is 15.8.